The smallest absolute Gasteiger partial charge is 0.101 e. The second kappa shape index (κ2) is 6.86. The van der Waals surface area contributed by atoms with E-state index in [1.165, 1.54) is 0 Å². The van der Waals surface area contributed by atoms with Gasteiger partial charge >= 0.3 is 0 Å². The summed E-state index contributed by atoms with van der Waals surface area (Å²) in [4.78, 5) is 0. The lowest BCUT2D eigenvalue weighted by atomic mass is 9.82. The van der Waals surface area contributed by atoms with Crippen molar-refractivity contribution < 1.29 is 0 Å². The molecule has 4 nitrogen and oxygen atoms in total. The first-order valence-electron chi connectivity index (χ1n) is 9.52. The van der Waals surface area contributed by atoms with Crippen LogP contribution in [0.2, 0.25) is 0 Å². The highest BCUT2D eigenvalue weighted by atomic mass is 35.5. The van der Waals surface area contributed by atoms with Crippen LogP contribution < -0.4 is 0 Å². The molecule has 1 aliphatic rings. The molecule has 0 radical (unpaired) electrons. The van der Waals surface area contributed by atoms with Gasteiger partial charge in [0.2, 0.25) is 0 Å². The Labute approximate surface area is 183 Å². The Morgan fingerprint density at radius 3 is 1.19 bits per heavy atom. The van der Waals surface area contributed by atoms with Gasteiger partial charge in [0.15, 0.2) is 0 Å². The Balaban J connectivity index is 1.72. The van der Waals surface area contributed by atoms with E-state index in [1.54, 1.807) is 24.3 Å². The summed E-state index contributed by atoms with van der Waals surface area (Å²) >= 11 is 6.91. The van der Waals surface area contributed by atoms with Crippen molar-refractivity contribution in [3.8, 4) is 24.3 Å². The lowest BCUT2D eigenvalue weighted by Crippen LogP contribution is -2.10. The van der Waals surface area contributed by atoms with Gasteiger partial charge in [-0.1, -0.05) is 12.1 Å². The maximum absolute atomic E-state index is 9.34. The topological polar surface area (TPSA) is 95.2 Å². The monoisotopic (exact) mass is 414 g/mol. The summed E-state index contributed by atoms with van der Waals surface area (Å²) in [5.74, 6) is 0. The predicted octanol–water partition coefficient (Wildman–Crippen LogP) is 5.71. The summed E-state index contributed by atoms with van der Waals surface area (Å²) in [6.45, 7) is 0. The zero-order valence-electron chi connectivity index (χ0n) is 16.1. The molecule has 0 bridgehead atoms. The first-order valence-corrected chi connectivity index (χ1v) is 9.95. The summed E-state index contributed by atoms with van der Waals surface area (Å²) in [6, 6.07) is 23.4. The van der Waals surface area contributed by atoms with Gasteiger partial charge < -0.3 is 0 Å². The van der Waals surface area contributed by atoms with Crippen LogP contribution in [0.25, 0.3) is 21.5 Å². The number of nitriles is 4. The number of benzene rings is 4. The zero-order valence-corrected chi connectivity index (χ0v) is 16.8. The normalized spacial score (nSPS) is 12.3. The van der Waals surface area contributed by atoms with Gasteiger partial charge in [-0.15, -0.1) is 11.6 Å². The quantitative estimate of drug-likeness (QED) is 0.344. The van der Waals surface area contributed by atoms with Crippen LogP contribution in [0.4, 0.5) is 0 Å². The second-order valence-electron chi connectivity index (χ2n) is 7.58. The average Bonchev–Trinajstić information content (AvgIpc) is 2.80. The van der Waals surface area contributed by atoms with E-state index in [2.05, 4.69) is 24.3 Å². The van der Waals surface area contributed by atoms with E-state index < -0.39 is 0 Å². The summed E-state index contributed by atoms with van der Waals surface area (Å²) < 4.78 is 0. The molecule has 0 saturated carbocycles. The molecule has 4 aromatic rings. The van der Waals surface area contributed by atoms with Gasteiger partial charge in [-0.2, -0.15) is 21.0 Å². The van der Waals surface area contributed by atoms with Gasteiger partial charge in [-0.25, -0.2) is 0 Å². The van der Waals surface area contributed by atoms with Crippen LogP contribution in [0.3, 0.4) is 0 Å². The molecule has 0 aromatic heterocycles. The summed E-state index contributed by atoms with van der Waals surface area (Å²) in [5.41, 5.74) is 5.51. The SMILES string of the molecule is N#Cc1cc2cc3c(cc2cc1C#N)C(Cl)c1cc2cc(C#N)c(C#N)cc2cc1C3. The van der Waals surface area contributed by atoms with Gasteiger partial charge in [0, 0.05) is 0 Å². The Hall–Kier alpha value is -4.35. The van der Waals surface area contributed by atoms with Crippen molar-refractivity contribution in [2.45, 2.75) is 11.8 Å². The molecule has 5 heteroatoms. The third kappa shape index (κ3) is 2.79. The molecule has 0 unspecified atom stereocenters. The molecule has 5 rings (SSSR count). The molecule has 0 N–H and O–H groups in total. The van der Waals surface area contributed by atoms with Crippen molar-refractivity contribution in [1.29, 1.82) is 21.0 Å². The molecule has 0 atom stereocenters. The van der Waals surface area contributed by atoms with E-state index in [0.29, 0.717) is 28.7 Å². The van der Waals surface area contributed by atoms with Crippen molar-refractivity contribution in [3.05, 3.63) is 93.0 Å². The van der Waals surface area contributed by atoms with Crippen LogP contribution in [0.5, 0.6) is 0 Å². The fourth-order valence-electron chi connectivity index (χ4n) is 4.35. The number of fused-ring (bicyclic) bond motifs is 4. The highest BCUT2D eigenvalue weighted by Crippen LogP contribution is 2.42. The third-order valence-electron chi connectivity index (χ3n) is 5.88. The Morgan fingerprint density at radius 2 is 0.871 bits per heavy atom. The van der Waals surface area contributed by atoms with E-state index in [4.69, 9.17) is 11.6 Å². The summed E-state index contributed by atoms with van der Waals surface area (Å²) in [5, 5.41) is 40.5. The molecule has 1 aliphatic carbocycles. The molecule has 0 heterocycles. The van der Waals surface area contributed by atoms with Crippen molar-refractivity contribution in [3.63, 3.8) is 0 Å². The summed E-state index contributed by atoms with van der Waals surface area (Å²) in [6.07, 6.45) is 0.670. The fourth-order valence-corrected chi connectivity index (χ4v) is 4.76. The Morgan fingerprint density at radius 1 is 0.548 bits per heavy atom. The highest BCUT2D eigenvalue weighted by Gasteiger charge is 2.25. The van der Waals surface area contributed by atoms with Crippen molar-refractivity contribution >= 4 is 33.1 Å². The van der Waals surface area contributed by atoms with Gasteiger partial charge in [-0.3, -0.25) is 0 Å². The van der Waals surface area contributed by atoms with Gasteiger partial charge in [-0.05, 0) is 86.6 Å². The van der Waals surface area contributed by atoms with Crippen molar-refractivity contribution in [1.82, 2.24) is 0 Å². The lowest BCUT2D eigenvalue weighted by Gasteiger charge is -2.26. The molecule has 4 aromatic carbocycles. The van der Waals surface area contributed by atoms with E-state index in [1.807, 2.05) is 24.3 Å². The molecule has 31 heavy (non-hydrogen) atoms. The number of rotatable bonds is 0. The summed E-state index contributed by atoms with van der Waals surface area (Å²) in [7, 11) is 0. The van der Waals surface area contributed by atoms with Crippen LogP contribution in [0.15, 0.2) is 48.5 Å². The Bertz CT molecular complexity index is 1500. The van der Waals surface area contributed by atoms with Gasteiger partial charge in [0.1, 0.15) is 24.3 Å². The van der Waals surface area contributed by atoms with Crippen molar-refractivity contribution in [2.75, 3.05) is 0 Å². The molecule has 0 fully saturated rings. The van der Waals surface area contributed by atoms with E-state index in [9.17, 15) is 21.0 Å². The Kier molecular flexibility index (Phi) is 4.13. The highest BCUT2D eigenvalue weighted by molar-refractivity contribution is 6.23. The van der Waals surface area contributed by atoms with Crippen molar-refractivity contribution in [2.24, 2.45) is 0 Å². The largest absolute Gasteiger partial charge is 0.192 e. The van der Waals surface area contributed by atoms with Crippen LogP contribution in [0, 0.1) is 45.3 Å². The minimum atomic E-state index is -0.380. The minimum Gasteiger partial charge on any atom is -0.192 e. The van der Waals surface area contributed by atoms with Crippen LogP contribution in [-0.2, 0) is 6.42 Å². The number of alkyl halides is 1. The van der Waals surface area contributed by atoms with Gasteiger partial charge in [0.05, 0.1) is 27.6 Å². The zero-order chi connectivity index (χ0) is 21.7. The number of hydrogen-bond acceptors (Lipinski definition) is 4. The van der Waals surface area contributed by atoms with Gasteiger partial charge in [0.25, 0.3) is 0 Å². The molecular weight excluding hydrogens is 404 g/mol. The van der Waals surface area contributed by atoms with Crippen LogP contribution in [0.1, 0.15) is 49.9 Å². The molecule has 0 aliphatic heterocycles. The number of hydrogen-bond donors (Lipinski definition) is 0. The number of nitrogens with zero attached hydrogens (tertiary/aromatic N) is 4. The molecule has 0 saturated heterocycles. The molecule has 0 amide bonds. The average molecular weight is 415 g/mol. The maximum atomic E-state index is 9.34. The fraction of sp³-hybridized carbons (Fsp3) is 0.0769. The van der Waals surface area contributed by atoms with Crippen LogP contribution in [-0.4, -0.2) is 0 Å². The number of halogens is 1. The predicted molar refractivity (Wildman–Crippen MR) is 117 cm³/mol. The standard InChI is InChI=1S/C26H11ClN4/c27-26-24-8-16-5-22(12-30)20(10-28)3-14(16)1-18(24)7-19-2-15-4-21(11-29)23(13-31)6-17(15)9-25(19)26/h1-6,8-9,26H,7H2. The third-order valence-corrected chi connectivity index (χ3v) is 6.35. The maximum Gasteiger partial charge on any atom is 0.101 e. The first kappa shape index (κ1) is 18.7. The molecule has 142 valence electrons. The lowest BCUT2D eigenvalue weighted by molar-refractivity contribution is 0.985. The second-order valence-corrected chi connectivity index (χ2v) is 8.01. The first-order chi connectivity index (χ1) is 15.1. The molecular formula is C26H11ClN4. The van der Waals surface area contributed by atoms with E-state index in [-0.39, 0.29) is 5.38 Å². The minimum absolute atomic E-state index is 0.348. The van der Waals surface area contributed by atoms with E-state index >= 15 is 0 Å². The van der Waals surface area contributed by atoms with Crippen LogP contribution >= 0.6 is 11.6 Å². The van der Waals surface area contributed by atoms with E-state index in [0.717, 1.165) is 43.8 Å². The molecule has 0 spiro atoms.